The molecule has 0 saturated carbocycles. The molecule has 8 heteroatoms. The van der Waals surface area contributed by atoms with Crippen molar-refractivity contribution >= 4 is 17.6 Å². The molecule has 0 bridgehead atoms. The Morgan fingerprint density at radius 3 is 2.50 bits per heavy atom. The molecule has 26 heavy (non-hydrogen) atoms. The Morgan fingerprint density at radius 2 is 1.92 bits per heavy atom. The molecule has 0 radical (unpaired) electrons. The van der Waals surface area contributed by atoms with Crippen molar-refractivity contribution in [2.24, 2.45) is 5.73 Å². The fourth-order valence-corrected chi connectivity index (χ4v) is 2.52. The van der Waals surface area contributed by atoms with Gasteiger partial charge in [-0.05, 0) is 23.8 Å². The van der Waals surface area contributed by atoms with Crippen molar-refractivity contribution in [2.75, 3.05) is 25.6 Å². The van der Waals surface area contributed by atoms with Gasteiger partial charge in [0.15, 0.2) is 0 Å². The van der Waals surface area contributed by atoms with E-state index in [1.54, 1.807) is 30.3 Å². The summed E-state index contributed by atoms with van der Waals surface area (Å²) in [7, 11) is 1.43. The topological polar surface area (TPSA) is 114 Å². The zero-order chi connectivity index (χ0) is 19.2. The molecule has 0 fully saturated rings. The number of hydrogen-bond acceptors (Lipinski definition) is 4. The zero-order valence-corrected chi connectivity index (χ0v) is 14.2. The summed E-state index contributed by atoms with van der Waals surface area (Å²) in [5, 5.41) is 14.8. The van der Waals surface area contributed by atoms with Gasteiger partial charge in [0.1, 0.15) is 11.4 Å². The number of amides is 3. The number of anilines is 1. The maximum absolute atomic E-state index is 13.9. The van der Waals surface area contributed by atoms with E-state index in [0.29, 0.717) is 5.56 Å². The van der Waals surface area contributed by atoms with Crippen molar-refractivity contribution < 1.29 is 23.8 Å². The lowest BCUT2D eigenvalue weighted by Gasteiger charge is -2.32. The van der Waals surface area contributed by atoms with Crippen LogP contribution in [0.4, 0.5) is 14.9 Å². The first-order chi connectivity index (χ1) is 12.4. The molecule has 0 aliphatic rings. The van der Waals surface area contributed by atoms with E-state index in [-0.39, 0.29) is 17.9 Å². The molecule has 0 aromatic heterocycles. The first-order valence-corrected chi connectivity index (χ1v) is 7.75. The van der Waals surface area contributed by atoms with Crippen LogP contribution in [0.15, 0.2) is 48.5 Å². The summed E-state index contributed by atoms with van der Waals surface area (Å²) >= 11 is 0. The van der Waals surface area contributed by atoms with Gasteiger partial charge in [-0.25, -0.2) is 9.18 Å². The molecular weight excluding hydrogens is 341 g/mol. The third-order valence-electron chi connectivity index (χ3n) is 3.84. The lowest BCUT2D eigenvalue weighted by atomic mass is 9.91. The van der Waals surface area contributed by atoms with Crippen LogP contribution in [0.2, 0.25) is 0 Å². The maximum atomic E-state index is 13.9. The highest BCUT2D eigenvalue weighted by atomic mass is 19.1. The number of urea groups is 1. The molecule has 7 nitrogen and oxygen atoms in total. The lowest BCUT2D eigenvalue weighted by molar-refractivity contribution is 0.0678. The number of nitrogens with two attached hydrogens (primary N) is 1. The van der Waals surface area contributed by atoms with Crippen LogP contribution >= 0.6 is 0 Å². The molecule has 5 N–H and O–H groups in total. The summed E-state index contributed by atoms with van der Waals surface area (Å²) in [6.07, 6.45) is 0. The summed E-state index contributed by atoms with van der Waals surface area (Å²) in [6, 6.07) is 11.4. The molecule has 3 amide bonds. The lowest BCUT2D eigenvalue weighted by Crippen LogP contribution is -2.53. The number of rotatable bonds is 7. The van der Waals surface area contributed by atoms with Gasteiger partial charge in [0, 0.05) is 12.7 Å². The smallest absolute Gasteiger partial charge is 0.320 e. The summed E-state index contributed by atoms with van der Waals surface area (Å²) in [5.74, 6) is -1.48. The monoisotopic (exact) mass is 361 g/mol. The van der Waals surface area contributed by atoms with Crippen molar-refractivity contribution in [3.05, 3.63) is 65.5 Å². The SMILES string of the molecule is COCC(CO)(NC(=O)Nc1cc(C(N)=O)ccc1F)c1ccccc1. The molecule has 0 spiro atoms. The van der Waals surface area contributed by atoms with Gasteiger partial charge in [-0.3, -0.25) is 4.79 Å². The minimum Gasteiger partial charge on any atom is -0.393 e. The Balaban J connectivity index is 2.26. The number of aliphatic hydroxyl groups excluding tert-OH is 1. The van der Waals surface area contributed by atoms with E-state index >= 15 is 0 Å². The highest BCUT2D eigenvalue weighted by molar-refractivity contribution is 5.96. The molecule has 0 aliphatic carbocycles. The van der Waals surface area contributed by atoms with E-state index in [2.05, 4.69) is 10.6 Å². The second-order valence-corrected chi connectivity index (χ2v) is 5.68. The van der Waals surface area contributed by atoms with Crippen molar-refractivity contribution in [3.8, 4) is 0 Å². The number of primary amides is 1. The number of halogens is 1. The molecular formula is C18H20FN3O4. The Labute approximate surface area is 150 Å². The van der Waals surface area contributed by atoms with Gasteiger partial charge in [0.25, 0.3) is 0 Å². The highest BCUT2D eigenvalue weighted by Gasteiger charge is 2.33. The molecule has 1 unspecified atom stereocenters. The minimum atomic E-state index is -1.22. The molecule has 0 aliphatic heterocycles. The van der Waals surface area contributed by atoms with Crippen molar-refractivity contribution in [1.29, 1.82) is 0 Å². The molecule has 2 aromatic carbocycles. The third kappa shape index (κ3) is 4.35. The number of methoxy groups -OCH3 is 1. The van der Waals surface area contributed by atoms with E-state index in [0.717, 1.165) is 12.1 Å². The van der Waals surface area contributed by atoms with Crippen LogP contribution in [0.3, 0.4) is 0 Å². The minimum absolute atomic E-state index is 0.00919. The molecule has 1 atom stereocenters. The largest absolute Gasteiger partial charge is 0.393 e. The molecule has 0 saturated heterocycles. The highest BCUT2D eigenvalue weighted by Crippen LogP contribution is 2.22. The maximum Gasteiger partial charge on any atom is 0.320 e. The van der Waals surface area contributed by atoms with Crippen LogP contribution in [0.5, 0.6) is 0 Å². The summed E-state index contributed by atoms with van der Waals surface area (Å²) in [5.41, 5.74) is 4.39. The number of aliphatic hydroxyl groups is 1. The van der Waals surface area contributed by atoms with Crippen LogP contribution < -0.4 is 16.4 Å². The Morgan fingerprint density at radius 1 is 1.23 bits per heavy atom. The predicted octanol–water partition coefficient (Wildman–Crippen LogP) is 1.58. The van der Waals surface area contributed by atoms with Gasteiger partial charge in [0.2, 0.25) is 5.91 Å². The second-order valence-electron chi connectivity index (χ2n) is 5.68. The van der Waals surface area contributed by atoms with E-state index in [4.69, 9.17) is 10.5 Å². The third-order valence-corrected chi connectivity index (χ3v) is 3.84. The number of nitrogens with one attached hydrogen (secondary N) is 2. The van der Waals surface area contributed by atoms with Gasteiger partial charge in [-0.1, -0.05) is 30.3 Å². The number of carbonyl (C=O) groups excluding carboxylic acids is 2. The molecule has 138 valence electrons. The number of carbonyl (C=O) groups is 2. The first kappa shape index (κ1) is 19.4. The zero-order valence-electron chi connectivity index (χ0n) is 14.2. The molecule has 2 aromatic rings. The number of ether oxygens (including phenoxy) is 1. The fraction of sp³-hybridized carbons (Fsp3) is 0.222. The average molecular weight is 361 g/mol. The van der Waals surface area contributed by atoms with Gasteiger partial charge >= 0.3 is 6.03 Å². The molecule has 2 rings (SSSR count). The van der Waals surface area contributed by atoms with Crippen LogP contribution in [-0.2, 0) is 10.3 Å². The van der Waals surface area contributed by atoms with Crippen LogP contribution in [0.1, 0.15) is 15.9 Å². The van der Waals surface area contributed by atoms with Gasteiger partial charge in [0.05, 0.1) is 18.9 Å². The second kappa shape index (κ2) is 8.41. The van der Waals surface area contributed by atoms with Crippen molar-refractivity contribution in [2.45, 2.75) is 5.54 Å². The normalized spacial score (nSPS) is 12.9. The van der Waals surface area contributed by atoms with Crippen molar-refractivity contribution in [1.82, 2.24) is 5.32 Å². The van der Waals surface area contributed by atoms with Gasteiger partial charge < -0.3 is 26.2 Å². The van der Waals surface area contributed by atoms with E-state index in [9.17, 15) is 19.1 Å². The van der Waals surface area contributed by atoms with Crippen LogP contribution in [-0.4, -0.2) is 37.4 Å². The Kier molecular flexibility index (Phi) is 6.26. The summed E-state index contributed by atoms with van der Waals surface area (Å²) in [4.78, 5) is 23.6. The Hall–Kier alpha value is -2.97. The van der Waals surface area contributed by atoms with E-state index in [1.807, 2.05) is 0 Å². The van der Waals surface area contributed by atoms with E-state index < -0.39 is 29.9 Å². The number of hydrogen-bond donors (Lipinski definition) is 4. The summed E-state index contributed by atoms with van der Waals surface area (Å²) < 4.78 is 19.1. The number of benzene rings is 2. The Bertz CT molecular complexity index is 785. The van der Waals surface area contributed by atoms with Crippen molar-refractivity contribution in [3.63, 3.8) is 0 Å². The van der Waals surface area contributed by atoms with Crippen LogP contribution in [0, 0.1) is 5.82 Å². The summed E-state index contributed by atoms with van der Waals surface area (Å²) in [6.45, 7) is -0.452. The van der Waals surface area contributed by atoms with Gasteiger partial charge in [-0.15, -0.1) is 0 Å². The predicted molar refractivity (Wildman–Crippen MR) is 94.2 cm³/mol. The van der Waals surface area contributed by atoms with Crippen LogP contribution in [0.25, 0.3) is 0 Å². The fourth-order valence-electron chi connectivity index (χ4n) is 2.52. The average Bonchev–Trinajstić information content (AvgIpc) is 2.63. The van der Waals surface area contributed by atoms with Gasteiger partial charge in [-0.2, -0.15) is 0 Å². The van der Waals surface area contributed by atoms with E-state index in [1.165, 1.54) is 13.2 Å². The quantitative estimate of drug-likeness (QED) is 0.599. The first-order valence-electron chi connectivity index (χ1n) is 7.75. The standard InChI is InChI=1S/C18H20FN3O4/c1-26-11-18(10-23,13-5-3-2-4-6-13)22-17(25)21-15-9-12(16(20)24)7-8-14(15)19/h2-9,23H,10-11H2,1H3,(H2,20,24)(H2,21,22,25). The molecule has 0 heterocycles.